The molecular formula is C25H29ClN2O6. The summed E-state index contributed by atoms with van der Waals surface area (Å²) in [5.41, 5.74) is 2.42. The van der Waals surface area contributed by atoms with E-state index in [2.05, 4.69) is 28.0 Å². The molecule has 8 nitrogen and oxygen atoms in total. The van der Waals surface area contributed by atoms with Crippen molar-refractivity contribution in [1.29, 1.82) is 0 Å². The van der Waals surface area contributed by atoms with Gasteiger partial charge in [-0.3, -0.25) is 4.90 Å². The van der Waals surface area contributed by atoms with E-state index in [0.717, 1.165) is 62.1 Å². The second-order valence-corrected chi connectivity index (χ2v) is 8.51. The van der Waals surface area contributed by atoms with E-state index in [4.69, 9.17) is 31.7 Å². The fourth-order valence-corrected chi connectivity index (χ4v) is 4.32. The van der Waals surface area contributed by atoms with Crippen molar-refractivity contribution in [2.45, 2.75) is 18.9 Å². The van der Waals surface area contributed by atoms with Crippen molar-refractivity contribution in [3.63, 3.8) is 0 Å². The molecule has 2 aliphatic rings. The highest BCUT2D eigenvalue weighted by Crippen LogP contribution is 2.42. The number of hydrogen-bond acceptors (Lipinski definition) is 6. The Morgan fingerprint density at radius 1 is 1.00 bits per heavy atom. The lowest BCUT2D eigenvalue weighted by Gasteiger charge is -2.39. The summed E-state index contributed by atoms with van der Waals surface area (Å²) >= 11 is 6.32. The SMILES string of the molecule is O=C(O)/C=C\C(=O)O.OCCCN1CCN(C2Cc3ccccc3Oc3ccc(Cl)cc32)CC1. The minimum atomic E-state index is -1.26. The number of benzene rings is 2. The van der Waals surface area contributed by atoms with Crippen molar-refractivity contribution < 1.29 is 29.6 Å². The monoisotopic (exact) mass is 488 g/mol. The Labute approximate surface area is 203 Å². The standard InChI is InChI=1S/C21H25ClN2O2.C4H4O4/c22-17-6-7-21-18(15-17)19(14-16-4-1-2-5-20(16)26-21)24-11-9-23(10-12-24)8-3-13-25;5-3(6)1-2-4(7)8/h1-2,4-7,15,19,25H,3,8-14H2;1-2H,(H,5,6)(H,7,8)/b;2-1-. The summed E-state index contributed by atoms with van der Waals surface area (Å²) in [6, 6.07) is 14.5. The van der Waals surface area contributed by atoms with Crippen LogP contribution in [0.15, 0.2) is 54.6 Å². The molecule has 1 unspecified atom stereocenters. The minimum absolute atomic E-state index is 0.267. The molecule has 0 saturated carbocycles. The minimum Gasteiger partial charge on any atom is -0.478 e. The number of piperazine rings is 1. The molecule has 0 spiro atoms. The van der Waals surface area contributed by atoms with Gasteiger partial charge in [-0.05, 0) is 42.7 Å². The van der Waals surface area contributed by atoms with Gasteiger partial charge in [0.15, 0.2) is 0 Å². The van der Waals surface area contributed by atoms with E-state index in [9.17, 15) is 9.59 Å². The zero-order chi connectivity index (χ0) is 24.5. The predicted molar refractivity (Wildman–Crippen MR) is 129 cm³/mol. The fraction of sp³-hybridized carbons (Fsp3) is 0.360. The van der Waals surface area contributed by atoms with Gasteiger partial charge in [-0.15, -0.1) is 0 Å². The number of nitrogens with zero attached hydrogens (tertiary/aromatic N) is 2. The van der Waals surface area contributed by atoms with E-state index in [-0.39, 0.29) is 12.6 Å². The fourth-order valence-electron chi connectivity index (χ4n) is 4.14. The van der Waals surface area contributed by atoms with Crippen LogP contribution in [-0.4, -0.2) is 76.4 Å². The van der Waals surface area contributed by atoms with Crippen molar-refractivity contribution in [3.8, 4) is 11.5 Å². The lowest BCUT2D eigenvalue weighted by molar-refractivity contribution is -0.134. The van der Waals surface area contributed by atoms with Gasteiger partial charge < -0.3 is 25.0 Å². The van der Waals surface area contributed by atoms with E-state index >= 15 is 0 Å². The van der Waals surface area contributed by atoms with Crippen LogP contribution in [0.4, 0.5) is 0 Å². The highest BCUT2D eigenvalue weighted by molar-refractivity contribution is 6.30. The molecule has 0 amide bonds. The second kappa shape index (κ2) is 12.5. The van der Waals surface area contributed by atoms with Gasteiger partial charge in [0.1, 0.15) is 11.5 Å². The van der Waals surface area contributed by atoms with Gasteiger partial charge in [0.25, 0.3) is 0 Å². The molecule has 9 heteroatoms. The first kappa shape index (κ1) is 25.7. The van der Waals surface area contributed by atoms with Crippen LogP contribution in [0.5, 0.6) is 11.5 Å². The summed E-state index contributed by atoms with van der Waals surface area (Å²) in [4.78, 5) is 24.1. The first-order valence-corrected chi connectivity index (χ1v) is 11.5. The highest BCUT2D eigenvalue weighted by Gasteiger charge is 2.30. The van der Waals surface area contributed by atoms with E-state index in [1.807, 2.05) is 24.3 Å². The third kappa shape index (κ3) is 7.30. The van der Waals surface area contributed by atoms with Crippen molar-refractivity contribution in [3.05, 3.63) is 70.8 Å². The maximum Gasteiger partial charge on any atom is 0.328 e. The highest BCUT2D eigenvalue weighted by atomic mass is 35.5. The molecule has 182 valence electrons. The Balaban J connectivity index is 0.000000350. The van der Waals surface area contributed by atoms with Crippen LogP contribution in [0, 0.1) is 0 Å². The van der Waals surface area contributed by atoms with Gasteiger partial charge in [0.2, 0.25) is 0 Å². The van der Waals surface area contributed by atoms with Crippen LogP contribution < -0.4 is 4.74 Å². The number of hydrogen-bond donors (Lipinski definition) is 3. The number of fused-ring (bicyclic) bond motifs is 2. The Bertz CT molecular complexity index is 1000. The number of carboxylic acids is 2. The normalized spacial score (nSPS) is 18.1. The first-order valence-electron chi connectivity index (χ1n) is 11.1. The van der Waals surface area contributed by atoms with Crippen molar-refractivity contribution in [1.82, 2.24) is 9.80 Å². The number of rotatable bonds is 6. The van der Waals surface area contributed by atoms with Gasteiger partial charge in [-0.1, -0.05) is 29.8 Å². The maximum atomic E-state index is 9.55. The summed E-state index contributed by atoms with van der Waals surface area (Å²) in [7, 11) is 0. The van der Waals surface area contributed by atoms with Crippen LogP contribution in [0.2, 0.25) is 5.02 Å². The second-order valence-electron chi connectivity index (χ2n) is 8.08. The molecule has 1 atom stereocenters. The zero-order valence-corrected chi connectivity index (χ0v) is 19.5. The van der Waals surface area contributed by atoms with Crippen LogP contribution in [0.1, 0.15) is 23.6 Å². The average molecular weight is 489 g/mol. The summed E-state index contributed by atoms with van der Waals surface area (Å²) in [6.45, 7) is 5.35. The van der Waals surface area contributed by atoms with E-state index in [0.29, 0.717) is 12.2 Å². The number of carbonyl (C=O) groups is 2. The van der Waals surface area contributed by atoms with Crippen LogP contribution >= 0.6 is 11.6 Å². The topological polar surface area (TPSA) is 111 Å². The maximum absolute atomic E-state index is 9.55. The number of carboxylic acid groups (broad SMARTS) is 2. The smallest absolute Gasteiger partial charge is 0.328 e. The van der Waals surface area contributed by atoms with Crippen LogP contribution in [0.3, 0.4) is 0 Å². The van der Waals surface area contributed by atoms with Crippen molar-refractivity contribution in [2.24, 2.45) is 0 Å². The van der Waals surface area contributed by atoms with Crippen molar-refractivity contribution in [2.75, 3.05) is 39.3 Å². The molecule has 1 saturated heterocycles. The molecule has 4 rings (SSSR count). The number of aliphatic hydroxyl groups is 1. The van der Waals surface area contributed by atoms with Crippen molar-refractivity contribution >= 4 is 23.5 Å². The zero-order valence-electron chi connectivity index (χ0n) is 18.8. The molecule has 2 aromatic carbocycles. The molecule has 1 fully saturated rings. The van der Waals surface area contributed by atoms with Gasteiger partial charge in [0.05, 0.1) is 0 Å². The number of aliphatic hydroxyl groups excluding tert-OH is 1. The largest absolute Gasteiger partial charge is 0.478 e. The Kier molecular flexibility index (Phi) is 9.47. The Hall–Kier alpha value is -2.91. The lowest BCUT2D eigenvalue weighted by Crippen LogP contribution is -2.48. The number of aliphatic carboxylic acids is 2. The molecular weight excluding hydrogens is 460 g/mol. The first-order chi connectivity index (χ1) is 16.4. The number of ether oxygens (including phenoxy) is 1. The summed E-state index contributed by atoms with van der Waals surface area (Å²) in [5, 5.41) is 25.4. The van der Waals surface area contributed by atoms with Crippen LogP contribution in [-0.2, 0) is 16.0 Å². The Morgan fingerprint density at radius 2 is 1.68 bits per heavy atom. The summed E-state index contributed by atoms with van der Waals surface area (Å²) in [6.07, 6.45) is 2.90. The molecule has 0 radical (unpaired) electrons. The number of para-hydroxylation sites is 1. The quantitative estimate of drug-likeness (QED) is 0.530. The predicted octanol–water partition coefficient (Wildman–Crippen LogP) is 3.44. The molecule has 0 aromatic heterocycles. The van der Waals surface area contributed by atoms with E-state index in [1.54, 1.807) is 0 Å². The Morgan fingerprint density at radius 3 is 2.32 bits per heavy atom. The molecule has 2 aromatic rings. The lowest BCUT2D eigenvalue weighted by atomic mass is 9.96. The molecule has 2 heterocycles. The molecule has 34 heavy (non-hydrogen) atoms. The number of halogens is 1. The summed E-state index contributed by atoms with van der Waals surface area (Å²) in [5.74, 6) is -0.660. The van der Waals surface area contributed by atoms with Gasteiger partial charge >= 0.3 is 11.9 Å². The summed E-state index contributed by atoms with van der Waals surface area (Å²) < 4.78 is 6.23. The molecule has 0 aliphatic carbocycles. The van der Waals surface area contributed by atoms with E-state index < -0.39 is 11.9 Å². The van der Waals surface area contributed by atoms with Crippen LogP contribution in [0.25, 0.3) is 0 Å². The molecule has 0 bridgehead atoms. The average Bonchev–Trinajstić information content (AvgIpc) is 2.99. The van der Waals surface area contributed by atoms with E-state index in [1.165, 1.54) is 11.1 Å². The third-order valence-electron chi connectivity index (χ3n) is 5.79. The van der Waals surface area contributed by atoms with Gasteiger partial charge in [-0.2, -0.15) is 0 Å². The third-order valence-corrected chi connectivity index (χ3v) is 6.02. The molecule has 2 aliphatic heterocycles. The molecule has 3 N–H and O–H groups in total. The van der Waals surface area contributed by atoms with Gasteiger partial charge in [-0.25, -0.2) is 9.59 Å². The van der Waals surface area contributed by atoms with Gasteiger partial charge in [0, 0.05) is 68.1 Å².